The molecule has 0 atom stereocenters. The van der Waals surface area contributed by atoms with Crippen molar-refractivity contribution in [1.82, 2.24) is 4.98 Å². The molecule has 4 bridgehead atoms. The van der Waals surface area contributed by atoms with Crippen LogP contribution in [0.5, 0.6) is 0 Å². The lowest BCUT2D eigenvalue weighted by molar-refractivity contribution is -0.126. The van der Waals surface area contributed by atoms with Crippen LogP contribution in [-0.4, -0.2) is 10.8 Å². The summed E-state index contributed by atoms with van der Waals surface area (Å²) in [5.41, 5.74) is 1.45. The van der Waals surface area contributed by atoms with Crippen molar-refractivity contribution in [3.05, 3.63) is 30.1 Å². The monoisotopic (exact) mass is 269 g/mol. The molecule has 4 aliphatic rings. The molecule has 0 aromatic carbocycles. The largest absolute Gasteiger partial charge is 0.299 e. The summed E-state index contributed by atoms with van der Waals surface area (Å²) in [6.45, 7) is 0. The molecule has 106 valence electrons. The quantitative estimate of drug-likeness (QED) is 0.832. The maximum Gasteiger partial charge on any atom is 0.137 e. The summed E-state index contributed by atoms with van der Waals surface area (Å²) in [6.07, 6.45) is 13.4. The van der Waals surface area contributed by atoms with Gasteiger partial charge in [-0.3, -0.25) is 9.78 Å². The van der Waals surface area contributed by atoms with E-state index in [-0.39, 0.29) is 0 Å². The molecule has 0 aliphatic heterocycles. The normalized spacial score (nSPS) is 38.1. The van der Waals surface area contributed by atoms with Crippen molar-refractivity contribution in [3.63, 3.8) is 0 Å². The Morgan fingerprint density at radius 1 is 1.15 bits per heavy atom. The molecule has 0 radical (unpaired) electrons. The van der Waals surface area contributed by atoms with E-state index < -0.39 is 0 Å². The highest BCUT2D eigenvalue weighted by atomic mass is 16.1. The number of hydrogen-bond donors (Lipinski definition) is 0. The van der Waals surface area contributed by atoms with Gasteiger partial charge in [-0.1, -0.05) is 6.07 Å². The van der Waals surface area contributed by atoms with Crippen LogP contribution in [0.15, 0.2) is 24.5 Å². The predicted octanol–water partition coefficient (Wildman–Crippen LogP) is 3.80. The molecule has 0 amide bonds. The van der Waals surface area contributed by atoms with Gasteiger partial charge in [-0.25, -0.2) is 0 Å². The molecule has 1 aromatic rings. The fraction of sp³-hybridized carbons (Fsp3) is 0.667. The van der Waals surface area contributed by atoms with Crippen LogP contribution in [0.4, 0.5) is 0 Å². The van der Waals surface area contributed by atoms with Crippen LogP contribution < -0.4 is 0 Å². The Labute approximate surface area is 121 Å². The molecule has 4 aliphatic carbocycles. The van der Waals surface area contributed by atoms with E-state index in [0.29, 0.717) is 17.6 Å². The third-order valence-electron chi connectivity index (χ3n) is 5.86. The number of rotatable bonds is 4. The van der Waals surface area contributed by atoms with Crippen molar-refractivity contribution in [1.29, 1.82) is 0 Å². The molecular weight excluding hydrogens is 246 g/mol. The number of nitrogens with zero attached hydrogens (tertiary/aromatic N) is 1. The number of carbonyl (C=O) groups is 1. The Kier molecular flexibility index (Phi) is 2.94. The molecule has 4 saturated carbocycles. The first-order valence-corrected chi connectivity index (χ1v) is 8.11. The number of pyridine rings is 1. The lowest BCUT2D eigenvalue weighted by atomic mass is 9.48. The van der Waals surface area contributed by atoms with Gasteiger partial charge in [0.2, 0.25) is 0 Å². The standard InChI is InChI=1S/C18H23NO/c20-17(7-13-2-1-3-19-12-13)11-18-8-14-4-15(9-18)6-16(5-14)10-18/h1-3,12,14-16H,4-11H2. The molecule has 4 fully saturated rings. The van der Waals surface area contributed by atoms with Gasteiger partial charge < -0.3 is 0 Å². The van der Waals surface area contributed by atoms with Gasteiger partial charge in [0.15, 0.2) is 0 Å². The van der Waals surface area contributed by atoms with Crippen molar-refractivity contribution in [3.8, 4) is 0 Å². The Morgan fingerprint density at radius 3 is 2.35 bits per heavy atom. The maximum atomic E-state index is 12.5. The lowest BCUT2D eigenvalue weighted by Gasteiger charge is -2.56. The van der Waals surface area contributed by atoms with Gasteiger partial charge in [0.25, 0.3) is 0 Å². The highest BCUT2D eigenvalue weighted by molar-refractivity contribution is 5.81. The van der Waals surface area contributed by atoms with Gasteiger partial charge in [-0.05, 0) is 73.3 Å². The van der Waals surface area contributed by atoms with Crippen LogP contribution in [0.25, 0.3) is 0 Å². The fourth-order valence-corrected chi connectivity index (χ4v) is 5.72. The Bertz CT molecular complexity index is 472. The highest BCUT2D eigenvalue weighted by Gasteiger charge is 2.51. The smallest absolute Gasteiger partial charge is 0.137 e. The van der Waals surface area contributed by atoms with E-state index in [4.69, 9.17) is 0 Å². The lowest BCUT2D eigenvalue weighted by Crippen LogP contribution is -2.47. The molecule has 20 heavy (non-hydrogen) atoms. The van der Waals surface area contributed by atoms with Crippen molar-refractivity contribution in [2.24, 2.45) is 23.2 Å². The second kappa shape index (κ2) is 4.68. The third-order valence-corrected chi connectivity index (χ3v) is 5.86. The summed E-state index contributed by atoms with van der Waals surface area (Å²) < 4.78 is 0. The summed E-state index contributed by atoms with van der Waals surface area (Å²) in [6, 6.07) is 3.94. The van der Waals surface area contributed by atoms with Gasteiger partial charge in [-0.15, -0.1) is 0 Å². The van der Waals surface area contributed by atoms with Crippen molar-refractivity contribution >= 4 is 5.78 Å². The van der Waals surface area contributed by atoms with Gasteiger partial charge in [0.1, 0.15) is 5.78 Å². The van der Waals surface area contributed by atoms with E-state index in [1.807, 2.05) is 18.3 Å². The zero-order valence-corrected chi connectivity index (χ0v) is 12.1. The van der Waals surface area contributed by atoms with Crippen molar-refractivity contribution in [2.45, 2.75) is 51.4 Å². The van der Waals surface area contributed by atoms with Crippen LogP contribution in [0.2, 0.25) is 0 Å². The molecule has 2 nitrogen and oxygen atoms in total. The average Bonchev–Trinajstić information content (AvgIpc) is 2.37. The Balaban J connectivity index is 1.45. The fourth-order valence-electron chi connectivity index (χ4n) is 5.72. The minimum Gasteiger partial charge on any atom is -0.299 e. The summed E-state index contributed by atoms with van der Waals surface area (Å²) in [5, 5.41) is 0. The van der Waals surface area contributed by atoms with Crippen LogP contribution in [-0.2, 0) is 11.2 Å². The zero-order chi connectivity index (χ0) is 13.6. The maximum absolute atomic E-state index is 12.5. The summed E-state index contributed by atoms with van der Waals surface area (Å²) in [4.78, 5) is 16.6. The molecule has 1 aromatic heterocycles. The topological polar surface area (TPSA) is 30.0 Å². The molecule has 5 rings (SSSR count). The SMILES string of the molecule is O=C(Cc1cccnc1)CC12CC3CC(CC(C3)C1)C2. The van der Waals surface area contributed by atoms with Crippen LogP contribution >= 0.6 is 0 Å². The van der Waals surface area contributed by atoms with Crippen LogP contribution in [0.1, 0.15) is 50.5 Å². The van der Waals surface area contributed by atoms with Gasteiger partial charge in [-0.2, -0.15) is 0 Å². The number of aromatic nitrogens is 1. The van der Waals surface area contributed by atoms with E-state index in [9.17, 15) is 4.79 Å². The minimum atomic E-state index is 0.383. The Morgan fingerprint density at radius 2 is 1.80 bits per heavy atom. The van der Waals surface area contributed by atoms with Gasteiger partial charge >= 0.3 is 0 Å². The molecule has 0 N–H and O–H groups in total. The van der Waals surface area contributed by atoms with Crippen LogP contribution in [0, 0.1) is 23.2 Å². The summed E-state index contributed by atoms with van der Waals surface area (Å²) in [7, 11) is 0. The van der Waals surface area contributed by atoms with Crippen molar-refractivity contribution in [2.75, 3.05) is 0 Å². The molecule has 2 heteroatoms. The zero-order valence-electron chi connectivity index (χ0n) is 12.1. The highest BCUT2D eigenvalue weighted by Crippen LogP contribution is 2.61. The van der Waals surface area contributed by atoms with Gasteiger partial charge in [0.05, 0.1) is 0 Å². The van der Waals surface area contributed by atoms with E-state index in [2.05, 4.69) is 4.98 Å². The Hall–Kier alpha value is -1.18. The van der Waals surface area contributed by atoms with E-state index >= 15 is 0 Å². The van der Waals surface area contributed by atoms with Crippen molar-refractivity contribution < 1.29 is 4.79 Å². The number of hydrogen-bond acceptors (Lipinski definition) is 2. The van der Waals surface area contributed by atoms with E-state index in [1.54, 1.807) is 6.20 Å². The van der Waals surface area contributed by atoms with E-state index in [0.717, 1.165) is 29.7 Å². The number of Topliss-reactive ketones (excluding diaryl/α,β-unsaturated/α-hetero) is 1. The minimum absolute atomic E-state index is 0.383. The average molecular weight is 269 g/mol. The first kappa shape index (κ1) is 12.6. The molecule has 0 saturated heterocycles. The third kappa shape index (κ3) is 2.30. The summed E-state index contributed by atoms with van der Waals surface area (Å²) in [5.74, 6) is 3.24. The number of ketones is 1. The molecular formula is C18H23NO. The second-order valence-corrected chi connectivity index (χ2v) is 7.67. The van der Waals surface area contributed by atoms with Crippen LogP contribution in [0.3, 0.4) is 0 Å². The van der Waals surface area contributed by atoms with E-state index in [1.165, 1.54) is 38.5 Å². The number of carbonyl (C=O) groups excluding carboxylic acids is 1. The molecule has 1 heterocycles. The summed E-state index contributed by atoms with van der Waals surface area (Å²) >= 11 is 0. The van der Waals surface area contributed by atoms with Gasteiger partial charge in [0, 0.05) is 25.2 Å². The molecule has 0 spiro atoms. The molecule has 0 unspecified atom stereocenters. The first-order valence-electron chi connectivity index (χ1n) is 8.11. The predicted molar refractivity (Wildman–Crippen MR) is 78.2 cm³/mol. The second-order valence-electron chi connectivity index (χ2n) is 7.67. The first-order chi connectivity index (χ1) is 9.71.